The number of nitrogens with zero attached hydrogens (tertiary/aromatic N) is 2. The summed E-state index contributed by atoms with van der Waals surface area (Å²) in [4.78, 5) is 17.5. The second-order valence-corrected chi connectivity index (χ2v) is 8.57. The number of hydrogen-bond acceptors (Lipinski definition) is 1. The van der Waals surface area contributed by atoms with Crippen LogP contribution in [0.15, 0.2) is 60.7 Å². The van der Waals surface area contributed by atoms with E-state index in [9.17, 15) is 4.79 Å². The summed E-state index contributed by atoms with van der Waals surface area (Å²) < 4.78 is 0. The molecule has 0 radical (unpaired) electrons. The van der Waals surface area contributed by atoms with E-state index >= 15 is 0 Å². The van der Waals surface area contributed by atoms with Crippen LogP contribution in [0.3, 0.4) is 0 Å². The third-order valence-electron chi connectivity index (χ3n) is 6.44. The Bertz CT molecular complexity index is 734. The Balaban J connectivity index is 1.34. The number of urea groups is 1. The van der Waals surface area contributed by atoms with Gasteiger partial charge in [-0.2, -0.15) is 0 Å². The van der Waals surface area contributed by atoms with Crippen molar-refractivity contribution in [3.05, 3.63) is 71.8 Å². The van der Waals surface area contributed by atoms with Crippen molar-refractivity contribution in [3.8, 4) is 0 Å². The Morgan fingerprint density at radius 2 is 1.43 bits per heavy atom. The van der Waals surface area contributed by atoms with Gasteiger partial charge < -0.3 is 9.80 Å². The van der Waals surface area contributed by atoms with Gasteiger partial charge in [-0.05, 0) is 55.1 Å². The van der Waals surface area contributed by atoms with E-state index in [1.54, 1.807) is 0 Å². The zero-order valence-electron chi connectivity index (χ0n) is 16.8. The molecule has 2 aliphatic rings. The maximum Gasteiger partial charge on any atom is 0.320 e. The summed E-state index contributed by atoms with van der Waals surface area (Å²) >= 11 is 0. The number of piperidine rings is 1. The Morgan fingerprint density at radius 3 is 2.00 bits per heavy atom. The van der Waals surface area contributed by atoms with E-state index in [4.69, 9.17) is 0 Å². The van der Waals surface area contributed by atoms with Crippen LogP contribution >= 0.6 is 0 Å². The minimum Gasteiger partial charge on any atom is -0.325 e. The number of carbonyl (C=O) groups excluding carboxylic acids is 1. The Hall–Kier alpha value is -2.29. The van der Waals surface area contributed by atoms with Gasteiger partial charge in [-0.1, -0.05) is 67.1 Å². The summed E-state index contributed by atoms with van der Waals surface area (Å²) in [5.74, 6) is 1.39. The molecule has 1 saturated heterocycles. The smallest absolute Gasteiger partial charge is 0.320 e. The van der Waals surface area contributed by atoms with Gasteiger partial charge in [0.1, 0.15) is 0 Å². The third kappa shape index (κ3) is 4.95. The van der Waals surface area contributed by atoms with Gasteiger partial charge in [0, 0.05) is 26.2 Å². The quantitative estimate of drug-likeness (QED) is 0.665. The zero-order valence-corrected chi connectivity index (χ0v) is 16.8. The van der Waals surface area contributed by atoms with Crippen LogP contribution in [0.4, 0.5) is 4.79 Å². The molecule has 3 nitrogen and oxygen atoms in total. The molecule has 3 heteroatoms. The van der Waals surface area contributed by atoms with Crippen molar-refractivity contribution in [1.82, 2.24) is 9.80 Å². The van der Waals surface area contributed by atoms with E-state index < -0.39 is 0 Å². The molecule has 0 atom stereocenters. The van der Waals surface area contributed by atoms with Crippen molar-refractivity contribution >= 4 is 6.03 Å². The molecule has 1 saturated carbocycles. The van der Waals surface area contributed by atoms with E-state index in [-0.39, 0.29) is 6.03 Å². The Kier molecular flexibility index (Phi) is 6.31. The van der Waals surface area contributed by atoms with E-state index in [1.165, 1.54) is 30.4 Å². The molecule has 1 heterocycles. The van der Waals surface area contributed by atoms with Gasteiger partial charge in [-0.15, -0.1) is 0 Å². The highest BCUT2D eigenvalue weighted by molar-refractivity contribution is 5.74. The molecule has 2 amide bonds. The highest BCUT2D eigenvalue weighted by atomic mass is 16.2. The summed E-state index contributed by atoms with van der Waals surface area (Å²) in [6.07, 6.45) is 7.24. The van der Waals surface area contributed by atoms with Crippen molar-refractivity contribution < 1.29 is 4.79 Å². The van der Waals surface area contributed by atoms with Crippen molar-refractivity contribution in [2.45, 2.75) is 45.1 Å². The summed E-state index contributed by atoms with van der Waals surface area (Å²) in [5, 5.41) is 0. The first-order chi connectivity index (χ1) is 13.8. The maximum absolute atomic E-state index is 13.3. The molecule has 1 aliphatic heterocycles. The monoisotopic (exact) mass is 376 g/mol. The summed E-state index contributed by atoms with van der Waals surface area (Å²) in [7, 11) is 0. The molecule has 1 aliphatic carbocycles. The Morgan fingerprint density at radius 1 is 0.821 bits per heavy atom. The molecule has 4 rings (SSSR count). The molecule has 0 N–H and O–H groups in total. The molecule has 2 aromatic rings. The van der Waals surface area contributed by atoms with Crippen molar-refractivity contribution in [3.63, 3.8) is 0 Å². The van der Waals surface area contributed by atoms with Gasteiger partial charge in [0.05, 0.1) is 0 Å². The molecule has 28 heavy (non-hydrogen) atoms. The first-order valence-electron chi connectivity index (χ1n) is 10.9. The van der Waals surface area contributed by atoms with Crippen LogP contribution in [0.25, 0.3) is 0 Å². The molecule has 2 aromatic carbocycles. The Labute approximate surface area is 169 Å². The van der Waals surface area contributed by atoms with Gasteiger partial charge in [-0.25, -0.2) is 4.79 Å². The molecule has 0 bridgehead atoms. The van der Waals surface area contributed by atoms with Crippen LogP contribution in [0.5, 0.6) is 0 Å². The lowest BCUT2D eigenvalue weighted by molar-refractivity contribution is 0.113. The van der Waals surface area contributed by atoms with Gasteiger partial charge >= 0.3 is 6.03 Å². The van der Waals surface area contributed by atoms with E-state index in [2.05, 4.69) is 64.4 Å². The fraction of sp³-hybridized carbons (Fsp3) is 0.480. The van der Waals surface area contributed by atoms with Gasteiger partial charge in [0.2, 0.25) is 0 Å². The number of amides is 2. The van der Waals surface area contributed by atoms with Crippen molar-refractivity contribution in [1.29, 1.82) is 0 Å². The third-order valence-corrected chi connectivity index (χ3v) is 6.44. The molecular weight excluding hydrogens is 344 g/mol. The predicted octanol–water partition coefficient (Wildman–Crippen LogP) is 5.36. The summed E-state index contributed by atoms with van der Waals surface area (Å²) in [6.45, 7) is 3.44. The highest BCUT2D eigenvalue weighted by Gasteiger charge is 2.29. The first kappa shape index (κ1) is 19.0. The lowest BCUT2D eigenvalue weighted by atomic mass is 9.85. The van der Waals surface area contributed by atoms with E-state index in [0.717, 1.165) is 45.4 Å². The molecule has 0 spiro atoms. The van der Waals surface area contributed by atoms with E-state index in [1.807, 2.05) is 6.07 Å². The SMILES string of the molecule is O=C(N1CCC(Cc2ccccc2)CC1)N(Cc1ccccc1)CC1CCC1. The van der Waals surface area contributed by atoms with Crippen LogP contribution in [0.2, 0.25) is 0 Å². The van der Waals surface area contributed by atoms with Gasteiger partial charge in [0.25, 0.3) is 0 Å². The van der Waals surface area contributed by atoms with Crippen LogP contribution < -0.4 is 0 Å². The number of rotatable bonds is 6. The van der Waals surface area contributed by atoms with E-state index in [0.29, 0.717) is 11.8 Å². The maximum atomic E-state index is 13.3. The average molecular weight is 377 g/mol. The normalized spacial score (nSPS) is 17.9. The van der Waals surface area contributed by atoms with Crippen molar-refractivity contribution in [2.75, 3.05) is 19.6 Å². The lowest BCUT2D eigenvalue weighted by Crippen LogP contribution is -2.48. The van der Waals surface area contributed by atoms with Crippen molar-refractivity contribution in [2.24, 2.45) is 11.8 Å². The molecule has 148 valence electrons. The minimum atomic E-state index is 0.244. The van der Waals surface area contributed by atoms with Gasteiger partial charge in [-0.3, -0.25) is 0 Å². The number of benzene rings is 2. The second-order valence-electron chi connectivity index (χ2n) is 8.57. The van der Waals surface area contributed by atoms with Crippen LogP contribution in [-0.2, 0) is 13.0 Å². The van der Waals surface area contributed by atoms with Gasteiger partial charge in [0.15, 0.2) is 0 Å². The summed E-state index contributed by atoms with van der Waals surface area (Å²) in [5.41, 5.74) is 2.65. The predicted molar refractivity (Wildman–Crippen MR) is 114 cm³/mol. The fourth-order valence-electron chi connectivity index (χ4n) is 4.48. The summed E-state index contributed by atoms with van der Waals surface area (Å²) in [6, 6.07) is 21.4. The topological polar surface area (TPSA) is 23.6 Å². The minimum absolute atomic E-state index is 0.244. The standard InChI is InChI=1S/C25H32N2O/c28-25(26-16-14-22(15-17-26)18-21-8-3-1-4-9-21)27(20-24-12-7-13-24)19-23-10-5-2-6-11-23/h1-6,8-11,22,24H,7,12-20H2. The van der Waals surface area contributed by atoms with Crippen LogP contribution in [-0.4, -0.2) is 35.5 Å². The molecule has 0 aromatic heterocycles. The van der Waals surface area contributed by atoms with Crippen LogP contribution in [0.1, 0.15) is 43.2 Å². The average Bonchev–Trinajstić information content (AvgIpc) is 2.71. The number of hydrogen-bond donors (Lipinski definition) is 0. The second kappa shape index (κ2) is 9.27. The highest BCUT2D eigenvalue weighted by Crippen LogP contribution is 2.29. The molecular formula is C25H32N2O. The zero-order chi connectivity index (χ0) is 19.2. The largest absolute Gasteiger partial charge is 0.325 e. The molecule has 0 unspecified atom stereocenters. The number of carbonyl (C=O) groups is 1. The lowest BCUT2D eigenvalue weighted by Gasteiger charge is -2.38. The molecule has 2 fully saturated rings. The first-order valence-corrected chi connectivity index (χ1v) is 10.9. The van der Waals surface area contributed by atoms with Crippen LogP contribution in [0, 0.1) is 11.8 Å². The number of likely N-dealkylation sites (tertiary alicyclic amines) is 1. The fourth-order valence-corrected chi connectivity index (χ4v) is 4.48.